The molecular weight excluding hydrogens is 216 g/mol. The van der Waals surface area contributed by atoms with E-state index in [1.807, 2.05) is 0 Å². The van der Waals surface area contributed by atoms with Crippen LogP contribution in [0.3, 0.4) is 0 Å². The maximum Gasteiger partial charge on any atom is 0.271 e. The number of hydrogen-bond acceptors (Lipinski definition) is 3. The van der Waals surface area contributed by atoms with E-state index >= 15 is 0 Å². The van der Waals surface area contributed by atoms with Gasteiger partial charge in [0.2, 0.25) is 0 Å². The van der Waals surface area contributed by atoms with E-state index in [-0.39, 0.29) is 5.91 Å². The second-order valence-corrected chi connectivity index (χ2v) is 4.78. The molecule has 1 aliphatic rings. The van der Waals surface area contributed by atoms with E-state index in [9.17, 15) is 4.79 Å². The molecule has 0 bridgehead atoms. The molecule has 17 heavy (non-hydrogen) atoms. The number of rotatable bonds is 3. The van der Waals surface area contributed by atoms with Crippen molar-refractivity contribution in [2.75, 3.05) is 6.54 Å². The third-order valence-electron chi connectivity index (χ3n) is 3.17. The number of carbonyl (C=O) groups excluding carboxylic acids is 1. The fraction of sp³-hybridized carbons (Fsp3) is 0.667. The minimum absolute atomic E-state index is 0.0920. The van der Waals surface area contributed by atoms with Gasteiger partial charge in [-0.2, -0.15) is 5.10 Å². The Kier molecular flexibility index (Phi) is 3.78. The Labute approximate surface area is 102 Å². The normalized spacial score (nSPS) is 24.6. The first kappa shape index (κ1) is 12.1. The van der Waals surface area contributed by atoms with Crippen molar-refractivity contribution in [2.24, 2.45) is 7.05 Å². The first-order chi connectivity index (χ1) is 8.15. The quantitative estimate of drug-likeness (QED) is 0.811. The van der Waals surface area contributed by atoms with Crippen LogP contribution in [-0.2, 0) is 7.05 Å². The molecule has 2 unspecified atom stereocenters. The molecular formula is C12H20N4O. The van der Waals surface area contributed by atoms with Crippen molar-refractivity contribution in [3.8, 4) is 0 Å². The molecule has 5 heteroatoms. The van der Waals surface area contributed by atoms with Gasteiger partial charge in [0.05, 0.1) is 0 Å². The number of piperidine rings is 1. The van der Waals surface area contributed by atoms with Crippen LogP contribution in [0.1, 0.15) is 36.7 Å². The molecule has 1 aliphatic heterocycles. The van der Waals surface area contributed by atoms with Crippen molar-refractivity contribution >= 4 is 5.91 Å². The maximum atomic E-state index is 11.8. The molecule has 0 aliphatic carbocycles. The summed E-state index contributed by atoms with van der Waals surface area (Å²) in [6, 6.07) is 2.68. The highest BCUT2D eigenvalue weighted by molar-refractivity contribution is 5.92. The molecule has 0 aromatic carbocycles. The molecule has 1 fully saturated rings. The van der Waals surface area contributed by atoms with Crippen LogP contribution in [0.25, 0.3) is 0 Å². The van der Waals surface area contributed by atoms with Crippen LogP contribution in [0.2, 0.25) is 0 Å². The van der Waals surface area contributed by atoms with Gasteiger partial charge in [0, 0.05) is 31.9 Å². The first-order valence-electron chi connectivity index (χ1n) is 6.19. The van der Waals surface area contributed by atoms with Crippen LogP contribution in [0.4, 0.5) is 0 Å². The van der Waals surface area contributed by atoms with Crippen LogP contribution >= 0.6 is 0 Å². The summed E-state index contributed by atoms with van der Waals surface area (Å²) in [5.74, 6) is -0.0920. The van der Waals surface area contributed by atoms with E-state index in [2.05, 4.69) is 22.7 Å². The number of carbonyl (C=O) groups is 1. The standard InChI is InChI=1S/C12H20N4O/c1-9-4-3-5-10(14-9)8-13-12(17)11-6-7-16(2)15-11/h6-7,9-10,14H,3-5,8H2,1-2H3,(H,13,17). The first-order valence-corrected chi connectivity index (χ1v) is 6.19. The van der Waals surface area contributed by atoms with Crippen molar-refractivity contribution in [3.05, 3.63) is 18.0 Å². The number of nitrogens with one attached hydrogen (secondary N) is 2. The van der Waals surface area contributed by atoms with E-state index in [0.29, 0.717) is 24.3 Å². The molecule has 2 atom stereocenters. The molecule has 1 saturated heterocycles. The van der Waals surface area contributed by atoms with E-state index in [4.69, 9.17) is 0 Å². The third-order valence-corrected chi connectivity index (χ3v) is 3.17. The number of aryl methyl sites for hydroxylation is 1. The van der Waals surface area contributed by atoms with Crippen LogP contribution in [-0.4, -0.2) is 34.3 Å². The summed E-state index contributed by atoms with van der Waals surface area (Å²) in [6.07, 6.45) is 5.37. The predicted molar refractivity (Wildman–Crippen MR) is 65.8 cm³/mol. The average molecular weight is 236 g/mol. The molecule has 0 radical (unpaired) electrons. The Morgan fingerprint density at radius 3 is 3.12 bits per heavy atom. The van der Waals surface area contributed by atoms with Gasteiger partial charge >= 0.3 is 0 Å². The highest BCUT2D eigenvalue weighted by atomic mass is 16.1. The lowest BCUT2D eigenvalue weighted by molar-refractivity contribution is 0.0940. The molecule has 2 heterocycles. The van der Waals surface area contributed by atoms with Crippen molar-refractivity contribution in [2.45, 2.75) is 38.3 Å². The van der Waals surface area contributed by atoms with Gasteiger partial charge in [-0.05, 0) is 25.8 Å². The second kappa shape index (κ2) is 5.31. The van der Waals surface area contributed by atoms with E-state index in [1.54, 1.807) is 24.0 Å². The fourth-order valence-electron chi connectivity index (χ4n) is 2.24. The smallest absolute Gasteiger partial charge is 0.271 e. The zero-order valence-corrected chi connectivity index (χ0v) is 10.4. The lowest BCUT2D eigenvalue weighted by atomic mass is 10.00. The molecule has 2 rings (SSSR count). The van der Waals surface area contributed by atoms with Crippen molar-refractivity contribution < 1.29 is 4.79 Å². The predicted octanol–water partition coefficient (Wildman–Crippen LogP) is 0.681. The van der Waals surface area contributed by atoms with Gasteiger partial charge < -0.3 is 10.6 Å². The van der Waals surface area contributed by atoms with Crippen LogP contribution < -0.4 is 10.6 Å². The van der Waals surface area contributed by atoms with Crippen molar-refractivity contribution in [1.82, 2.24) is 20.4 Å². The third kappa shape index (κ3) is 3.30. The van der Waals surface area contributed by atoms with Crippen LogP contribution in [0.15, 0.2) is 12.3 Å². The van der Waals surface area contributed by atoms with Crippen LogP contribution in [0.5, 0.6) is 0 Å². The Morgan fingerprint density at radius 1 is 1.65 bits per heavy atom. The monoisotopic (exact) mass is 236 g/mol. The number of hydrogen-bond donors (Lipinski definition) is 2. The summed E-state index contributed by atoms with van der Waals surface area (Å²) < 4.78 is 1.63. The highest BCUT2D eigenvalue weighted by Gasteiger charge is 2.18. The van der Waals surface area contributed by atoms with Gasteiger partial charge in [-0.15, -0.1) is 0 Å². The lowest BCUT2D eigenvalue weighted by Crippen LogP contribution is -2.47. The number of aromatic nitrogens is 2. The largest absolute Gasteiger partial charge is 0.349 e. The van der Waals surface area contributed by atoms with Gasteiger partial charge in [-0.3, -0.25) is 9.48 Å². The van der Waals surface area contributed by atoms with E-state index in [0.717, 1.165) is 6.42 Å². The fourth-order valence-corrected chi connectivity index (χ4v) is 2.24. The zero-order valence-electron chi connectivity index (χ0n) is 10.4. The summed E-state index contributed by atoms with van der Waals surface area (Å²) in [4.78, 5) is 11.8. The molecule has 94 valence electrons. The molecule has 1 amide bonds. The summed E-state index contributed by atoms with van der Waals surface area (Å²) >= 11 is 0. The molecule has 0 spiro atoms. The molecule has 1 aromatic rings. The van der Waals surface area contributed by atoms with Crippen molar-refractivity contribution in [3.63, 3.8) is 0 Å². The van der Waals surface area contributed by atoms with Crippen LogP contribution in [0, 0.1) is 0 Å². The van der Waals surface area contributed by atoms with Gasteiger partial charge in [0.1, 0.15) is 5.69 Å². The minimum atomic E-state index is -0.0920. The number of amides is 1. The van der Waals surface area contributed by atoms with E-state index < -0.39 is 0 Å². The second-order valence-electron chi connectivity index (χ2n) is 4.78. The summed E-state index contributed by atoms with van der Waals surface area (Å²) in [5, 5.41) is 10.5. The molecule has 2 N–H and O–H groups in total. The minimum Gasteiger partial charge on any atom is -0.349 e. The molecule has 1 aromatic heterocycles. The Hall–Kier alpha value is -1.36. The lowest BCUT2D eigenvalue weighted by Gasteiger charge is -2.28. The molecule has 5 nitrogen and oxygen atoms in total. The highest BCUT2D eigenvalue weighted by Crippen LogP contribution is 2.11. The Balaban J connectivity index is 1.80. The average Bonchev–Trinajstić information content (AvgIpc) is 2.73. The number of nitrogens with zero attached hydrogens (tertiary/aromatic N) is 2. The van der Waals surface area contributed by atoms with Gasteiger partial charge in [-0.25, -0.2) is 0 Å². The zero-order chi connectivity index (χ0) is 12.3. The molecule has 0 saturated carbocycles. The summed E-state index contributed by atoms with van der Waals surface area (Å²) in [6.45, 7) is 2.87. The topological polar surface area (TPSA) is 59.0 Å². The van der Waals surface area contributed by atoms with E-state index in [1.165, 1.54) is 12.8 Å². The maximum absolute atomic E-state index is 11.8. The SMILES string of the molecule is CC1CCCC(CNC(=O)c2ccn(C)n2)N1. The van der Waals surface area contributed by atoms with Gasteiger partial charge in [-0.1, -0.05) is 6.42 Å². The summed E-state index contributed by atoms with van der Waals surface area (Å²) in [5.41, 5.74) is 0.483. The van der Waals surface area contributed by atoms with Gasteiger partial charge in [0.25, 0.3) is 5.91 Å². The summed E-state index contributed by atoms with van der Waals surface area (Å²) in [7, 11) is 1.81. The Bertz CT molecular complexity index is 388. The van der Waals surface area contributed by atoms with Crippen molar-refractivity contribution in [1.29, 1.82) is 0 Å². The Morgan fingerprint density at radius 2 is 2.47 bits per heavy atom. The van der Waals surface area contributed by atoms with Gasteiger partial charge in [0.15, 0.2) is 0 Å².